The number of ether oxygens (including phenoxy) is 3. The van der Waals surface area contributed by atoms with Crippen molar-refractivity contribution >= 4 is 32.6 Å². The smallest absolute Gasteiger partial charge is 0.210 e. The summed E-state index contributed by atoms with van der Waals surface area (Å²) < 4.78 is 43.3. The van der Waals surface area contributed by atoms with Crippen molar-refractivity contribution in [3.63, 3.8) is 0 Å². The highest BCUT2D eigenvalue weighted by Crippen LogP contribution is 2.43. The molecule has 0 atom stereocenters. The summed E-state index contributed by atoms with van der Waals surface area (Å²) in [7, 11) is 0.509. The highest BCUT2D eigenvalue weighted by Gasteiger charge is 2.26. The molecule has 0 saturated carbocycles. The van der Waals surface area contributed by atoms with Crippen molar-refractivity contribution in [2.75, 3.05) is 21.3 Å². The highest BCUT2D eigenvalue weighted by molar-refractivity contribution is 7.96. The lowest BCUT2D eigenvalue weighted by Gasteiger charge is -2.14. The number of benzene rings is 3. The third-order valence-electron chi connectivity index (χ3n) is 5.67. The van der Waals surface area contributed by atoms with Gasteiger partial charge in [-0.05, 0) is 43.3 Å². The van der Waals surface area contributed by atoms with Crippen LogP contribution in [0.3, 0.4) is 0 Å². The zero-order chi connectivity index (χ0) is 25.2. The number of H-pyrrole nitrogens is 1. The van der Waals surface area contributed by atoms with Gasteiger partial charge in [0, 0.05) is 22.0 Å². The van der Waals surface area contributed by atoms with Crippen molar-refractivity contribution in [1.29, 1.82) is 0 Å². The van der Waals surface area contributed by atoms with Gasteiger partial charge in [-0.2, -0.15) is 0 Å². The topological polar surface area (TPSA) is 94.7 Å². The molecule has 0 spiro atoms. The van der Waals surface area contributed by atoms with Crippen LogP contribution in [0.1, 0.15) is 12.5 Å². The molecule has 1 aromatic heterocycles. The van der Waals surface area contributed by atoms with E-state index in [2.05, 4.69) is 4.98 Å². The van der Waals surface area contributed by atoms with Crippen molar-refractivity contribution in [1.82, 2.24) is 4.98 Å². The van der Waals surface area contributed by atoms with Crippen LogP contribution in [0.2, 0.25) is 0 Å². The van der Waals surface area contributed by atoms with E-state index in [0.717, 1.165) is 10.9 Å². The largest absolute Gasteiger partial charge is 0.493 e. The van der Waals surface area contributed by atoms with Crippen molar-refractivity contribution < 1.29 is 27.4 Å². The molecule has 0 aliphatic rings. The fraction of sp³-hybridized carbons (Fsp3) is 0.148. The minimum absolute atomic E-state index is 0.0515. The van der Waals surface area contributed by atoms with Gasteiger partial charge in [0.2, 0.25) is 15.6 Å². The van der Waals surface area contributed by atoms with Gasteiger partial charge in [-0.15, -0.1) is 0 Å². The van der Waals surface area contributed by atoms with Crippen LogP contribution in [0.25, 0.3) is 28.2 Å². The third-order valence-corrected chi connectivity index (χ3v) is 7.54. The second-order valence-electron chi connectivity index (χ2n) is 7.75. The Kier molecular flexibility index (Phi) is 6.66. The summed E-state index contributed by atoms with van der Waals surface area (Å²) in [5.41, 5.74) is 2.61. The number of allylic oxidation sites excluding steroid dienone is 1. The van der Waals surface area contributed by atoms with Crippen molar-refractivity contribution in [3.05, 3.63) is 77.2 Å². The van der Waals surface area contributed by atoms with Crippen LogP contribution in [0.4, 0.5) is 0 Å². The van der Waals surface area contributed by atoms with Gasteiger partial charge in [0.15, 0.2) is 17.3 Å². The lowest BCUT2D eigenvalue weighted by molar-refractivity contribution is -0.112. The minimum atomic E-state index is -4.05. The molecule has 0 aliphatic carbocycles. The Labute approximate surface area is 203 Å². The molecular weight excluding hydrogens is 466 g/mol. The zero-order valence-corrected chi connectivity index (χ0v) is 20.6. The van der Waals surface area contributed by atoms with E-state index < -0.39 is 15.6 Å². The number of sulfone groups is 1. The van der Waals surface area contributed by atoms with Crippen LogP contribution >= 0.6 is 0 Å². The summed E-state index contributed by atoms with van der Waals surface area (Å²) in [6.07, 6.45) is 1.43. The van der Waals surface area contributed by atoms with Crippen LogP contribution in [0, 0.1) is 0 Å². The Hall–Kier alpha value is -4.04. The number of para-hydroxylation sites is 1. The number of Topliss-reactive ketones (excluding diaryl/α,β-unsaturated/α-hetero) is 1. The van der Waals surface area contributed by atoms with E-state index in [1.165, 1.54) is 46.5 Å². The molecule has 8 heteroatoms. The zero-order valence-electron chi connectivity index (χ0n) is 19.8. The van der Waals surface area contributed by atoms with E-state index >= 15 is 0 Å². The molecule has 1 N–H and O–H groups in total. The summed E-state index contributed by atoms with van der Waals surface area (Å²) in [6, 6.07) is 18.9. The summed E-state index contributed by atoms with van der Waals surface area (Å²) in [6.45, 7) is 1.25. The number of methoxy groups -OCH3 is 3. The monoisotopic (exact) mass is 491 g/mol. The summed E-state index contributed by atoms with van der Waals surface area (Å²) in [5, 5.41) is 0.762. The average molecular weight is 492 g/mol. The van der Waals surface area contributed by atoms with E-state index in [9.17, 15) is 13.2 Å². The molecule has 4 aromatic rings. The molecular formula is C27H25NO6S. The second-order valence-corrected chi connectivity index (χ2v) is 9.67. The molecule has 35 heavy (non-hydrogen) atoms. The summed E-state index contributed by atoms with van der Waals surface area (Å²) in [5.74, 6) is 0.760. The molecule has 0 fully saturated rings. The molecule has 0 amide bonds. The van der Waals surface area contributed by atoms with Gasteiger partial charge in [0.25, 0.3) is 0 Å². The summed E-state index contributed by atoms with van der Waals surface area (Å²) >= 11 is 0. The first-order chi connectivity index (χ1) is 16.8. The quantitative estimate of drug-likeness (QED) is 0.338. The van der Waals surface area contributed by atoms with E-state index in [1.807, 2.05) is 24.3 Å². The van der Waals surface area contributed by atoms with Gasteiger partial charge in [-0.25, -0.2) is 8.42 Å². The Morgan fingerprint density at radius 2 is 1.46 bits per heavy atom. The van der Waals surface area contributed by atoms with Gasteiger partial charge in [-0.1, -0.05) is 36.4 Å². The predicted octanol–water partition coefficient (Wildman–Crippen LogP) is 5.26. The molecule has 3 aromatic carbocycles. The van der Waals surface area contributed by atoms with Crippen molar-refractivity contribution in [2.45, 2.75) is 11.8 Å². The van der Waals surface area contributed by atoms with Gasteiger partial charge in [-0.3, -0.25) is 4.79 Å². The lowest BCUT2D eigenvalue weighted by atomic mass is 10.0. The molecule has 0 bridgehead atoms. The standard InChI is InChI=1S/C27H25NO6S/c1-17(29)25(35(30,31)19-10-6-5-7-11-19)16-21-20-12-8-9-13-22(20)28-26(21)18-14-23(32-2)27(34-4)24(15-18)33-3/h5-16,28H,1-4H3/b25-16+. The second kappa shape index (κ2) is 9.68. The first-order valence-corrected chi connectivity index (χ1v) is 12.2. The first-order valence-electron chi connectivity index (χ1n) is 10.8. The highest BCUT2D eigenvalue weighted by atomic mass is 32.2. The van der Waals surface area contributed by atoms with E-state index in [4.69, 9.17) is 14.2 Å². The van der Waals surface area contributed by atoms with Crippen LogP contribution in [-0.2, 0) is 14.6 Å². The van der Waals surface area contributed by atoms with Crippen LogP contribution < -0.4 is 14.2 Å². The number of ketones is 1. The first kappa shape index (κ1) is 24.1. The SMILES string of the molecule is COc1cc(-c2[nH]c3ccccc3c2/C=C(\C(C)=O)S(=O)(=O)c2ccccc2)cc(OC)c1OC. The maximum atomic E-state index is 13.4. The normalized spacial score (nSPS) is 11.9. The number of carbonyl (C=O) groups is 1. The number of hydrogen-bond donors (Lipinski definition) is 1. The van der Waals surface area contributed by atoms with Crippen molar-refractivity contribution in [3.8, 4) is 28.5 Å². The Morgan fingerprint density at radius 1 is 0.857 bits per heavy atom. The number of aromatic nitrogens is 1. The number of nitrogens with one attached hydrogen (secondary N) is 1. The van der Waals surface area contributed by atoms with Gasteiger partial charge in [0.1, 0.15) is 4.91 Å². The molecule has 1 heterocycles. The Morgan fingerprint density at radius 3 is 2.03 bits per heavy atom. The Balaban J connectivity index is 2.03. The number of hydrogen-bond acceptors (Lipinski definition) is 6. The van der Waals surface area contributed by atoms with Gasteiger partial charge < -0.3 is 19.2 Å². The minimum Gasteiger partial charge on any atom is -0.493 e. The predicted molar refractivity (Wildman–Crippen MR) is 136 cm³/mol. The van der Waals surface area contributed by atoms with Gasteiger partial charge in [0.05, 0.1) is 31.9 Å². The maximum Gasteiger partial charge on any atom is 0.210 e. The molecule has 4 rings (SSSR count). The van der Waals surface area contributed by atoms with Crippen molar-refractivity contribution in [2.24, 2.45) is 0 Å². The van der Waals surface area contributed by atoms with E-state index in [1.54, 1.807) is 30.3 Å². The number of rotatable bonds is 8. The average Bonchev–Trinajstić information content (AvgIpc) is 3.24. The van der Waals surface area contributed by atoms with E-state index in [-0.39, 0.29) is 9.80 Å². The molecule has 0 saturated heterocycles. The molecule has 7 nitrogen and oxygen atoms in total. The fourth-order valence-electron chi connectivity index (χ4n) is 3.99. The molecule has 0 unspecified atom stereocenters. The lowest BCUT2D eigenvalue weighted by Crippen LogP contribution is -2.11. The van der Waals surface area contributed by atoms with E-state index in [0.29, 0.717) is 34.1 Å². The third kappa shape index (κ3) is 4.40. The molecule has 0 radical (unpaired) electrons. The molecule has 180 valence electrons. The fourth-order valence-corrected chi connectivity index (χ4v) is 5.41. The molecule has 0 aliphatic heterocycles. The number of carbonyl (C=O) groups excluding carboxylic acids is 1. The Bertz CT molecular complexity index is 1510. The summed E-state index contributed by atoms with van der Waals surface area (Å²) in [4.78, 5) is 15.7. The van der Waals surface area contributed by atoms with Gasteiger partial charge >= 0.3 is 0 Å². The maximum absolute atomic E-state index is 13.4. The van der Waals surface area contributed by atoms with Crippen LogP contribution in [0.15, 0.2) is 76.5 Å². The van der Waals surface area contributed by atoms with Crippen LogP contribution in [-0.4, -0.2) is 40.5 Å². The van der Waals surface area contributed by atoms with Crippen LogP contribution in [0.5, 0.6) is 17.2 Å². The number of aromatic amines is 1. The number of fused-ring (bicyclic) bond motifs is 1.